The number of hydrogen-bond donors (Lipinski definition) is 0. The third-order valence-corrected chi connectivity index (χ3v) is 5.34. The third kappa shape index (κ3) is 2.43. The number of nitrogens with zero attached hydrogens (tertiary/aromatic N) is 1. The van der Waals surface area contributed by atoms with Gasteiger partial charge in [-0.1, -0.05) is 19.1 Å². The lowest BCUT2D eigenvalue weighted by atomic mass is 9.56. The molecule has 1 saturated heterocycles. The van der Waals surface area contributed by atoms with E-state index in [9.17, 15) is 4.39 Å². The second-order valence-electron chi connectivity index (χ2n) is 6.61. The Morgan fingerprint density at radius 1 is 1.26 bits per heavy atom. The summed E-state index contributed by atoms with van der Waals surface area (Å²) in [4.78, 5) is 2.42. The summed E-state index contributed by atoms with van der Waals surface area (Å²) < 4.78 is 13.8. The molecule has 1 aromatic rings. The summed E-state index contributed by atoms with van der Waals surface area (Å²) >= 11 is 0. The molecule has 0 N–H and O–H groups in total. The van der Waals surface area contributed by atoms with Gasteiger partial charge in [-0.2, -0.15) is 0 Å². The molecule has 2 fully saturated rings. The Balaban J connectivity index is 1.65. The van der Waals surface area contributed by atoms with Crippen molar-refractivity contribution in [2.24, 2.45) is 5.41 Å². The van der Waals surface area contributed by atoms with E-state index in [1.54, 1.807) is 6.07 Å². The summed E-state index contributed by atoms with van der Waals surface area (Å²) in [7, 11) is 2.21. The molecular weight excluding hydrogens is 237 g/mol. The first-order valence-electron chi connectivity index (χ1n) is 7.59. The van der Waals surface area contributed by atoms with Crippen molar-refractivity contribution in [2.45, 2.75) is 44.9 Å². The molecule has 3 rings (SSSR count). The average molecular weight is 261 g/mol. The van der Waals surface area contributed by atoms with E-state index in [-0.39, 0.29) is 5.82 Å². The fourth-order valence-electron chi connectivity index (χ4n) is 3.83. The zero-order chi connectivity index (χ0) is 13.5. The van der Waals surface area contributed by atoms with Crippen LogP contribution >= 0.6 is 0 Å². The van der Waals surface area contributed by atoms with Crippen molar-refractivity contribution in [3.63, 3.8) is 0 Å². The zero-order valence-corrected chi connectivity index (χ0v) is 12.1. The van der Waals surface area contributed by atoms with Crippen LogP contribution in [0.1, 0.15) is 49.7 Å². The second kappa shape index (κ2) is 4.90. The quantitative estimate of drug-likeness (QED) is 0.778. The van der Waals surface area contributed by atoms with Gasteiger partial charge >= 0.3 is 0 Å². The molecule has 1 spiro atoms. The van der Waals surface area contributed by atoms with Gasteiger partial charge < -0.3 is 4.90 Å². The maximum absolute atomic E-state index is 13.8. The van der Waals surface area contributed by atoms with E-state index in [1.165, 1.54) is 44.3 Å². The first-order valence-corrected chi connectivity index (χ1v) is 7.59. The molecule has 2 aliphatic rings. The molecule has 1 aliphatic carbocycles. The normalized spacial score (nSPS) is 23.5. The molecule has 104 valence electrons. The fourth-order valence-corrected chi connectivity index (χ4v) is 3.83. The minimum atomic E-state index is -0.00988. The number of aryl methyl sites for hydroxylation is 1. The van der Waals surface area contributed by atoms with Crippen LogP contribution in [0, 0.1) is 11.2 Å². The number of hydrogen-bond acceptors (Lipinski definition) is 1. The predicted molar refractivity (Wildman–Crippen MR) is 76.9 cm³/mol. The van der Waals surface area contributed by atoms with Gasteiger partial charge in [0.15, 0.2) is 0 Å². The molecular formula is C17H24FN. The summed E-state index contributed by atoms with van der Waals surface area (Å²) in [5.74, 6) is 0.591. The highest BCUT2D eigenvalue weighted by Gasteiger charge is 2.45. The van der Waals surface area contributed by atoms with Gasteiger partial charge in [0, 0.05) is 0 Å². The van der Waals surface area contributed by atoms with Crippen molar-refractivity contribution >= 4 is 0 Å². The average Bonchev–Trinajstić information content (AvgIpc) is 2.37. The molecule has 1 nitrogen and oxygen atoms in total. The van der Waals surface area contributed by atoms with Gasteiger partial charge in [-0.3, -0.25) is 0 Å². The first-order chi connectivity index (χ1) is 9.12. The van der Waals surface area contributed by atoms with E-state index >= 15 is 0 Å². The molecule has 2 heteroatoms. The van der Waals surface area contributed by atoms with Gasteiger partial charge in [0.2, 0.25) is 0 Å². The number of rotatable bonds is 2. The number of likely N-dealkylation sites (tertiary alicyclic amines) is 1. The highest BCUT2D eigenvalue weighted by atomic mass is 19.1. The number of benzene rings is 1. The van der Waals surface area contributed by atoms with Gasteiger partial charge in [0.05, 0.1) is 0 Å². The van der Waals surface area contributed by atoms with Gasteiger partial charge in [0.25, 0.3) is 0 Å². The Morgan fingerprint density at radius 3 is 2.53 bits per heavy atom. The summed E-state index contributed by atoms with van der Waals surface area (Å²) in [6.07, 6.45) is 5.98. The van der Waals surface area contributed by atoms with E-state index in [4.69, 9.17) is 0 Å². The molecule has 0 atom stereocenters. The molecule has 1 heterocycles. The van der Waals surface area contributed by atoms with Crippen LogP contribution in [0.15, 0.2) is 18.2 Å². The Hall–Kier alpha value is -0.890. The minimum Gasteiger partial charge on any atom is -0.306 e. The summed E-state index contributed by atoms with van der Waals surface area (Å²) in [6, 6.07) is 5.91. The molecule has 19 heavy (non-hydrogen) atoms. The van der Waals surface area contributed by atoms with E-state index in [2.05, 4.69) is 18.0 Å². The van der Waals surface area contributed by atoms with E-state index < -0.39 is 0 Å². The summed E-state index contributed by atoms with van der Waals surface area (Å²) in [5.41, 5.74) is 2.65. The van der Waals surface area contributed by atoms with E-state index in [1.807, 2.05) is 13.0 Å². The second-order valence-corrected chi connectivity index (χ2v) is 6.61. The lowest BCUT2D eigenvalue weighted by molar-refractivity contribution is 0.0237. The third-order valence-electron chi connectivity index (χ3n) is 5.34. The van der Waals surface area contributed by atoms with Crippen molar-refractivity contribution in [1.82, 2.24) is 4.90 Å². The van der Waals surface area contributed by atoms with Crippen molar-refractivity contribution < 1.29 is 4.39 Å². The van der Waals surface area contributed by atoms with Crippen LogP contribution in [-0.4, -0.2) is 25.0 Å². The standard InChI is InChI=1S/C17H24FN/c1-3-13-4-5-14(10-16(13)18)15-11-17(12-15)6-8-19(2)9-7-17/h4-5,10,15H,3,6-9,11-12H2,1-2H3. The van der Waals surface area contributed by atoms with Crippen LogP contribution in [0.25, 0.3) is 0 Å². The largest absolute Gasteiger partial charge is 0.306 e. The molecule has 0 aromatic heterocycles. The molecule has 1 aliphatic heterocycles. The highest BCUT2D eigenvalue weighted by molar-refractivity contribution is 5.29. The van der Waals surface area contributed by atoms with Crippen LogP contribution < -0.4 is 0 Å². The Morgan fingerprint density at radius 2 is 1.95 bits per heavy atom. The smallest absolute Gasteiger partial charge is 0.126 e. The Bertz CT molecular complexity index is 452. The molecule has 1 saturated carbocycles. The van der Waals surface area contributed by atoms with Crippen molar-refractivity contribution in [3.8, 4) is 0 Å². The van der Waals surface area contributed by atoms with E-state index in [0.717, 1.165) is 12.0 Å². The minimum absolute atomic E-state index is 0.00988. The molecule has 0 radical (unpaired) electrons. The van der Waals surface area contributed by atoms with Gasteiger partial charge in [-0.25, -0.2) is 4.39 Å². The van der Waals surface area contributed by atoms with Crippen LogP contribution in [0.4, 0.5) is 4.39 Å². The van der Waals surface area contributed by atoms with Crippen molar-refractivity contribution in [1.29, 1.82) is 0 Å². The van der Waals surface area contributed by atoms with Crippen molar-refractivity contribution in [2.75, 3.05) is 20.1 Å². The lowest BCUT2D eigenvalue weighted by Gasteiger charge is -2.52. The van der Waals surface area contributed by atoms with Crippen LogP contribution in [0.5, 0.6) is 0 Å². The first kappa shape index (κ1) is 13.1. The Kier molecular flexibility index (Phi) is 3.38. The maximum Gasteiger partial charge on any atom is 0.126 e. The lowest BCUT2D eigenvalue weighted by Crippen LogP contribution is -2.45. The Labute approximate surface area is 115 Å². The zero-order valence-electron chi connectivity index (χ0n) is 12.1. The monoisotopic (exact) mass is 261 g/mol. The van der Waals surface area contributed by atoms with Crippen molar-refractivity contribution in [3.05, 3.63) is 35.1 Å². The SMILES string of the molecule is CCc1ccc(C2CC3(CCN(C)CC3)C2)cc1F. The van der Waals surface area contributed by atoms with E-state index in [0.29, 0.717) is 11.3 Å². The summed E-state index contributed by atoms with van der Waals surface area (Å²) in [5, 5.41) is 0. The van der Waals surface area contributed by atoms with Crippen LogP contribution in [0.3, 0.4) is 0 Å². The van der Waals surface area contributed by atoms with Gasteiger partial charge in [-0.05, 0) is 80.8 Å². The highest BCUT2D eigenvalue weighted by Crippen LogP contribution is 2.56. The molecule has 1 aromatic carbocycles. The molecule has 0 unspecified atom stereocenters. The molecule has 0 amide bonds. The predicted octanol–water partition coefficient (Wildman–Crippen LogP) is 3.98. The fraction of sp³-hybridized carbons (Fsp3) is 0.647. The van der Waals surface area contributed by atoms with Gasteiger partial charge in [0.1, 0.15) is 5.82 Å². The number of piperidine rings is 1. The van der Waals surface area contributed by atoms with Crippen LogP contribution in [-0.2, 0) is 6.42 Å². The van der Waals surface area contributed by atoms with Gasteiger partial charge in [-0.15, -0.1) is 0 Å². The summed E-state index contributed by atoms with van der Waals surface area (Å²) in [6.45, 7) is 4.47. The topological polar surface area (TPSA) is 3.24 Å². The maximum atomic E-state index is 13.8. The molecule has 0 bridgehead atoms. The van der Waals surface area contributed by atoms with Crippen LogP contribution in [0.2, 0.25) is 0 Å². The number of halogens is 1.